The molecule has 2 N–H and O–H groups in total. The van der Waals surface area contributed by atoms with Crippen molar-refractivity contribution in [1.82, 2.24) is 20.6 Å². The van der Waals surface area contributed by atoms with E-state index in [0.717, 1.165) is 44.9 Å². The number of thiazole rings is 2. The van der Waals surface area contributed by atoms with E-state index in [1.807, 2.05) is 17.5 Å². The maximum Gasteiger partial charge on any atom is 0.191 e. The van der Waals surface area contributed by atoms with Crippen molar-refractivity contribution in [2.75, 3.05) is 19.6 Å². The molecule has 3 rings (SSSR count). The van der Waals surface area contributed by atoms with E-state index in [9.17, 15) is 0 Å². The Balaban J connectivity index is 0.00000261. The van der Waals surface area contributed by atoms with Crippen LogP contribution in [0.15, 0.2) is 11.2 Å². The Morgan fingerprint density at radius 1 is 1.15 bits per heavy atom. The number of rotatable bonds is 8. The lowest BCUT2D eigenvalue weighted by molar-refractivity contribution is 0.679. The van der Waals surface area contributed by atoms with Crippen molar-refractivity contribution in [1.29, 1.82) is 0 Å². The van der Waals surface area contributed by atoms with Gasteiger partial charge in [-0.25, -0.2) is 9.97 Å². The number of aryl methyl sites for hydroxylation is 4. The number of hydrogen-bond acceptors (Lipinski definition) is 5. The monoisotopic (exact) mass is 519 g/mol. The first-order valence-electron chi connectivity index (χ1n) is 9.65. The Kier molecular flexibility index (Phi) is 9.99. The molecule has 0 amide bonds. The van der Waals surface area contributed by atoms with Gasteiger partial charge in [-0.3, -0.25) is 4.99 Å². The minimum atomic E-state index is 0. The van der Waals surface area contributed by atoms with Gasteiger partial charge < -0.3 is 10.6 Å². The fourth-order valence-electron chi connectivity index (χ4n) is 3.08. The molecule has 0 unspecified atom stereocenters. The first-order chi connectivity index (χ1) is 12.7. The number of aliphatic imine (C=N–C) groups is 1. The average Bonchev–Trinajstić information content (AvgIpc) is 3.24. The summed E-state index contributed by atoms with van der Waals surface area (Å²) in [6, 6.07) is 0. The van der Waals surface area contributed by atoms with Crippen molar-refractivity contribution >= 4 is 52.6 Å². The molecule has 0 fully saturated rings. The van der Waals surface area contributed by atoms with Gasteiger partial charge in [0.1, 0.15) is 0 Å². The second kappa shape index (κ2) is 12.0. The summed E-state index contributed by atoms with van der Waals surface area (Å²) in [4.78, 5) is 16.7. The smallest absolute Gasteiger partial charge is 0.191 e. The molecular weight excluding hydrogens is 489 g/mol. The lowest BCUT2D eigenvalue weighted by atomic mass is 10.0. The van der Waals surface area contributed by atoms with Gasteiger partial charge >= 0.3 is 0 Å². The molecule has 1 aliphatic carbocycles. The molecule has 2 heterocycles. The molecule has 0 bridgehead atoms. The quantitative estimate of drug-likeness (QED) is 0.238. The summed E-state index contributed by atoms with van der Waals surface area (Å²) < 4.78 is 0. The number of halogens is 1. The van der Waals surface area contributed by atoms with Crippen molar-refractivity contribution in [3.63, 3.8) is 0 Å². The van der Waals surface area contributed by atoms with E-state index >= 15 is 0 Å². The fourth-order valence-corrected chi connectivity index (χ4v) is 5.07. The van der Waals surface area contributed by atoms with Crippen LogP contribution >= 0.6 is 46.7 Å². The zero-order chi connectivity index (χ0) is 18.2. The largest absolute Gasteiger partial charge is 0.357 e. The molecule has 0 aliphatic heterocycles. The highest BCUT2D eigenvalue weighted by molar-refractivity contribution is 14.0. The summed E-state index contributed by atoms with van der Waals surface area (Å²) in [6.45, 7) is 6.76. The van der Waals surface area contributed by atoms with Crippen LogP contribution in [0.25, 0.3) is 0 Å². The maximum atomic E-state index is 4.82. The van der Waals surface area contributed by atoms with Gasteiger partial charge in [0.05, 0.1) is 15.7 Å². The van der Waals surface area contributed by atoms with E-state index in [1.54, 1.807) is 11.3 Å². The zero-order valence-electron chi connectivity index (χ0n) is 16.2. The Labute approximate surface area is 187 Å². The van der Waals surface area contributed by atoms with E-state index in [4.69, 9.17) is 9.98 Å². The van der Waals surface area contributed by atoms with Crippen LogP contribution < -0.4 is 10.6 Å². The van der Waals surface area contributed by atoms with E-state index in [0.29, 0.717) is 0 Å². The van der Waals surface area contributed by atoms with Crippen LogP contribution in [0.3, 0.4) is 0 Å². The lowest BCUT2D eigenvalue weighted by Crippen LogP contribution is -2.38. The minimum Gasteiger partial charge on any atom is -0.357 e. The lowest BCUT2D eigenvalue weighted by Gasteiger charge is -2.10. The molecule has 0 spiro atoms. The van der Waals surface area contributed by atoms with Crippen molar-refractivity contribution in [2.24, 2.45) is 4.99 Å². The molecule has 0 saturated heterocycles. The maximum absolute atomic E-state index is 4.82. The molecular formula is C19H30IN5S2. The Hall–Kier alpha value is -0.740. The number of nitrogens with zero attached hydrogens (tertiary/aromatic N) is 3. The Morgan fingerprint density at radius 3 is 2.74 bits per heavy atom. The second-order valence-electron chi connectivity index (χ2n) is 6.59. The molecule has 2 aromatic heterocycles. The van der Waals surface area contributed by atoms with Crippen LogP contribution in [0.1, 0.15) is 51.6 Å². The summed E-state index contributed by atoms with van der Waals surface area (Å²) in [5.41, 5.74) is 1.37. The van der Waals surface area contributed by atoms with Crippen LogP contribution in [0, 0.1) is 6.92 Å². The summed E-state index contributed by atoms with van der Waals surface area (Å²) in [7, 11) is 0. The molecule has 150 valence electrons. The van der Waals surface area contributed by atoms with Gasteiger partial charge in [0, 0.05) is 48.4 Å². The highest BCUT2D eigenvalue weighted by atomic mass is 127. The van der Waals surface area contributed by atoms with Crippen LogP contribution in [-0.4, -0.2) is 35.6 Å². The van der Waals surface area contributed by atoms with Gasteiger partial charge in [-0.1, -0.05) is 0 Å². The molecule has 27 heavy (non-hydrogen) atoms. The molecule has 1 aliphatic rings. The normalized spacial score (nSPS) is 13.8. The van der Waals surface area contributed by atoms with Crippen molar-refractivity contribution in [3.8, 4) is 0 Å². The van der Waals surface area contributed by atoms with Crippen molar-refractivity contribution in [3.05, 3.63) is 31.7 Å². The molecule has 5 nitrogen and oxygen atoms in total. The zero-order valence-corrected chi connectivity index (χ0v) is 20.2. The summed E-state index contributed by atoms with van der Waals surface area (Å²) in [5.74, 6) is 0.902. The van der Waals surface area contributed by atoms with Crippen molar-refractivity contribution < 1.29 is 0 Å². The van der Waals surface area contributed by atoms with Gasteiger partial charge in [-0.15, -0.1) is 46.7 Å². The molecule has 8 heteroatoms. The van der Waals surface area contributed by atoms with Gasteiger partial charge in [0.2, 0.25) is 0 Å². The standard InChI is InChI=1S/C19H29N5S2.HI/c1-3-20-19(22-12-10-17-23-13-14(2)25-17)21-11-6-9-18-24-15-7-4-5-8-16(15)26-18;/h13H,3-12H2,1-2H3,(H2,20,21,22);1H. The number of aromatic nitrogens is 2. The summed E-state index contributed by atoms with van der Waals surface area (Å²) >= 11 is 3.69. The fraction of sp³-hybridized carbons (Fsp3) is 0.632. The number of nitrogens with one attached hydrogen (secondary N) is 2. The highest BCUT2D eigenvalue weighted by Gasteiger charge is 2.14. The van der Waals surface area contributed by atoms with E-state index in [2.05, 4.69) is 29.5 Å². The molecule has 0 radical (unpaired) electrons. The molecule has 0 aromatic carbocycles. The Morgan fingerprint density at radius 2 is 2.00 bits per heavy atom. The van der Waals surface area contributed by atoms with Gasteiger partial charge in [-0.2, -0.15) is 0 Å². The van der Waals surface area contributed by atoms with E-state index in [1.165, 1.54) is 51.1 Å². The predicted molar refractivity (Wildman–Crippen MR) is 127 cm³/mol. The third-order valence-corrected chi connectivity index (χ3v) is 6.54. The highest BCUT2D eigenvalue weighted by Crippen LogP contribution is 2.27. The van der Waals surface area contributed by atoms with Gasteiger partial charge in [-0.05, 0) is 46.0 Å². The average molecular weight is 520 g/mol. The van der Waals surface area contributed by atoms with Crippen LogP contribution in [0.4, 0.5) is 0 Å². The number of guanidine groups is 1. The van der Waals surface area contributed by atoms with Gasteiger partial charge in [0.15, 0.2) is 5.96 Å². The third-order valence-electron chi connectivity index (χ3n) is 4.35. The van der Waals surface area contributed by atoms with Crippen LogP contribution in [0.2, 0.25) is 0 Å². The second-order valence-corrected chi connectivity index (χ2v) is 9.08. The first kappa shape index (κ1) is 22.5. The molecule has 0 atom stereocenters. The molecule has 2 aromatic rings. The first-order valence-corrected chi connectivity index (χ1v) is 11.3. The summed E-state index contributed by atoms with van der Waals surface area (Å²) in [6.07, 6.45) is 10.0. The van der Waals surface area contributed by atoms with Crippen molar-refractivity contribution in [2.45, 2.75) is 58.8 Å². The number of hydrogen-bond donors (Lipinski definition) is 2. The minimum absolute atomic E-state index is 0. The van der Waals surface area contributed by atoms with Gasteiger partial charge in [0.25, 0.3) is 0 Å². The predicted octanol–water partition coefficient (Wildman–Crippen LogP) is 4.14. The van der Waals surface area contributed by atoms with Crippen LogP contribution in [-0.2, 0) is 25.7 Å². The molecule has 0 saturated carbocycles. The van der Waals surface area contributed by atoms with E-state index < -0.39 is 0 Å². The summed E-state index contributed by atoms with van der Waals surface area (Å²) in [5, 5.41) is 9.21. The Bertz CT molecular complexity index is 702. The topological polar surface area (TPSA) is 62.2 Å². The van der Waals surface area contributed by atoms with E-state index in [-0.39, 0.29) is 24.0 Å². The van der Waals surface area contributed by atoms with Crippen LogP contribution in [0.5, 0.6) is 0 Å². The number of fused-ring (bicyclic) bond motifs is 1. The third kappa shape index (κ3) is 7.30. The SMILES string of the molecule is CCNC(=NCCCc1nc2c(s1)CCCC2)NCCc1ncc(C)s1.I.